The van der Waals surface area contributed by atoms with Crippen molar-refractivity contribution in [3.63, 3.8) is 0 Å². The van der Waals surface area contributed by atoms with E-state index in [2.05, 4.69) is 0 Å². The smallest absolute Gasteiger partial charge is 0.269 e. The van der Waals surface area contributed by atoms with Crippen molar-refractivity contribution in [2.24, 2.45) is 0 Å². The van der Waals surface area contributed by atoms with Crippen molar-refractivity contribution < 1.29 is 19.7 Å². The van der Waals surface area contributed by atoms with Gasteiger partial charge in [0, 0.05) is 12.1 Å². The Labute approximate surface area is 103 Å². The van der Waals surface area contributed by atoms with E-state index in [0.717, 1.165) is 5.06 Å². The van der Waals surface area contributed by atoms with Crippen molar-refractivity contribution in [1.82, 2.24) is 5.06 Å². The van der Waals surface area contributed by atoms with Crippen LogP contribution in [-0.2, 0) is 16.1 Å². The first kappa shape index (κ1) is 12.5. The minimum absolute atomic E-state index is 0.0148. The largest absolute Gasteiger partial charge is 0.389 e. The Hall–Kier alpha value is -1.99. The van der Waals surface area contributed by atoms with E-state index < -0.39 is 11.0 Å². The number of hydroxylamine groups is 2. The second-order valence-electron chi connectivity index (χ2n) is 4.00. The van der Waals surface area contributed by atoms with Crippen LogP contribution in [-0.4, -0.2) is 40.3 Å². The third-order valence-electron chi connectivity index (χ3n) is 2.58. The number of rotatable bonds is 3. The number of aliphatic hydroxyl groups excluding tert-OH is 1. The van der Waals surface area contributed by atoms with Gasteiger partial charge in [0.2, 0.25) is 0 Å². The van der Waals surface area contributed by atoms with Gasteiger partial charge < -0.3 is 5.11 Å². The predicted octanol–water partition coefficient (Wildman–Crippen LogP) is 0.272. The molecule has 0 aliphatic carbocycles. The molecule has 0 spiro atoms. The van der Waals surface area contributed by atoms with Gasteiger partial charge in [0.15, 0.2) is 0 Å². The Morgan fingerprint density at radius 1 is 1.50 bits per heavy atom. The van der Waals surface area contributed by atoms with Crippen LogP contribution >= 0.6 is 0 Å². The zero-order chi connectivity index (χ0) is 13.1. The highest BCUT2D eigenvalue weighted by molar-refractivity contribution is 5.78. The van der Waals surface area contributed by atoms with Crippen LogP contribution in [0.4, 0.5) is 5.69 Å². The molecule has 0 aromatic heterocycles. The number of non-ortho nitro benzene ring substituents is 1. The van der Waals surface area contributed by atoms with Crippen LogP contribution in [0.15, 0.2) is 24.3 Å². The monoisotopic (exact) mass is 252 g/mol. The lowest BCUT2D eigenvalue weighted by Crippen LogP contribution is -2.29. The van der Waals surface area contributed by atoms with Gasteiger partial charge in [0.05, 0.1) is 24.0 Å². The number of carbonyl (C=O) groups is 1. The summed E-state index contributed by atoms with van der Waals surface area (Å²) in [6.45, 7) is 0.276. The van der Waals surface area contributed by atoms with Gasteiger partial charge in [-0.2, -0.15) is 0 Å². The highest BCUT2D eigenvalue weighted by Gasteiger charge is 2.25. The van der Waals surface area contributed by atoms with Crippen LogP contribution in [0.25, 0.3) is 0 Å². The summed E-state index contributed by atoms with van der Waals surface area (Å²) in [6.07, 6.45) is -0.559. The van der Waals surface area contributed by atoms with Crippen molar-refractivity contribution in [2.75, 3.05) is 13.2 Å². The first-order valence-corrected chi connectivity index (χ1v) is 5.41. The minimum Gasteiger partial charge on any atom is -0.389 e. The van der Waals surface area contributed by atoms with Gasteiger partial charge in [-0.1, -0.05) is 12.1 Å². The summed E-state index contributed by atoms with van der Waals surface area (Å²) in [4.78, 5) is 26.7. The first-order valence-electron chi connectivity index (χ1n) is 5.41. The minimum atomic E-state index is -0.647. The van der Waals surface area contributed by atoms with Crippen molar-refractivity contribution in [2.45, 2.75) is 12.5 Å². The number of hydrogen-bond acceptors (Lipinski definition) is 5. The van der Waals surface area contributed by atoms with Crippen molar-refractivity contribution in [3.05, 3.63) is 39.9 Å². The second-order valence-corrected chi connectivity index (χ2v) is 4.00. The topological polar surface area (TPSA) is 92.9 Å². The van der Waals surface area contributed by atoms with Crippen LogP contribution < -0.4 is 0 Å². The van der Waals surface area contributed by atoms with Crippen LogP contribution in [0.2, 0.25) is 0 Å². The Balaban J connectivity index is 1.97. The number of β-amino-alcohol motifs (C(OH)–C–C–N with tert-alkyl or cyclic N) is 1. The van der Waals surface area contributed by atoms with E-state index in [1.165, 1.54) is 24.3 Å². The fourth-order valence-corrected chi connectivity index (χ4v) is 1.64. The molecule has 1 N–H and O–H groups in total. The van der Waals surface area contributed by atoms with Crippen LogP contribution in [0.3, 0.4) is 0 Å². The zero-order valence-electron chi connectivity index (χ0n) is 9.48. The molecule has 7 heteroatoms. The number of amides is 1. The van der Waals surface area contributed by atoms with Gasteiger partial charge in [-0.15, -0.1) is 0 Å². The summed E-state index contributed by atoms with van der Waals surface area (Å²) in [7, 11) is 0. The molecule has 18 heavy (non-hydrogen) atoms. The molecule has 1 heterocycles. The Morgan fingerprint density at radius 2 is 2.17 bits per heavy atom. The number of nitro groups is 1. The van der Waals surface area contributed by atoms with Gasteiger partial charge in [-0.25, -0.2) is 5.06 Å². The maximum atomic E-state index is 11.7. The van der Waals surface area contributed by atoms with Crippen LogP contribution in [0.1, 0.15) is 5.56 Å². The van der Waals surface area contributed by atoms with Crippen molar-refractivity contribution >= 4 is 11.6 Å². The van der Waals surface area contributed by atoms with Crippen molar-refractivity contribution in [3.8, 4) is 0 Å². The van der Waals surface area contributed by atoms with Gasteiger partial charge >= 0.3 is 0 Å². The average Bonchev–Trinajstić information content (AvgIpc) is 2.76. The number of nitrogens with zero attached hydrogens (tertiary/aromatic N) is 2. The Kier molecular flexibility index (Phi) is 3.54. The normalized spacial score (nSPS) is 18.9. The highest BCUT2D eigenvalue weighted by atomic mass is 16.7. The molecular formula is C11H12N2O5. The molecule has 1 aliphatic heterocycles. The van der Waals surface area contributed by atoms with E-state index in [0.29, 0.717) is 5.56 Å². The predicted molar refractivity (Wildman–Crippen MR) is 60.5 cm³/mol. The quantitative estimate of drug-likeness (QED) is 0.615. The summed E-state index contributed by atoms with van der Waals surface area (Å²) in [5.41, 5.74) is 0.648. The average molecular weight is 252 g/mol. The second kappa shape index (κ2) is 5.11. The van der Waals surface area contributed by atoms with E-state index in [1.807, 2.05) is 0 Å². The molecule has 0 bridgehead atoms. The van der Waals surface area contributed by atoms with E-state index >= 15 is 0 Å². The van der Waals surface area contributed by atoms with Crippen molar-refractivity contribution in [1.29, 1.82) is 0 Å². The summed E-state index contributed by atoms with van der Waals surface area (Å²) >= 11 is 0. The molecule has 1 amide bonds. The number of hydrogen-bond donors (Lipinski definition) is 1. The summed E-state index contributed by atoms with van der Waals surface area (Å²) in [5.74, 6) is -0.277. The van der Waals surface area contributed by atoms with E-state index in [1.54, 1.807) is 0 Å². The number of aliphatic hydroxyl groups is 1. The summed E-state index contributed by atoms with van der Waals surface area (Å²) < 4.78 is 0. The molecule has 0 radical (unpaired) electrons. The first-order chi connectivity index (χ1) is 8.56. The lowest BCUT2D eigenvalue weighted by atomic mass is 10.1. The SMILES string of the molecule is O=C(Cc1ccc([N+](=O)[O-])cc1)N1C[C@@H](O)CO1. The van der Waals surface area contributed by atoms with Gasteiger partial charge in [-0.05, 0) is 5.56 Å². The molecular weight excluding hydrogens is 240 g/mol. The molecule has 1 saturated heterocycles. The lowest BCUT2D eigenvalue weighted by Gasteiger charge is -2.13. The molecule has 1 aliphatic rings. The maximum absolute atomic E-state index is 11.7. The third-order valence-corrected chi connectivity index (χ3v) is 2.58. The molecule has 0 saturated carbocycles. The molecule has 96 valence electrons. The molecule has 7 nitrogen and oxygen atoms in total. The van der Waals surface area contributed by atoms with E-state index in [4.69, 9.17) is 4.84 Å². The van der Waals surface area contributed by atoms with Crippen LogP contribution in [0.5, 0.6) is 0 Å². The lowest BCUT2D eigenvalue weighted by molar-refractivity contribution is -0.384. The molecule has 1 atom stereocenters. The van der Waals surface area contributed by atoms with Crippen LogP contribution in [0, 0.1) is 10.1 Å². The highest BCUT2D eigenvalue weighted by Crippen LogP contribution is 2.14. The zero-order valence-corrected chi connectivity index (χ0v) is 9.48. The molecule has 1 aromatic carbocycles. The van der Waals surface area contributed by atoms with Gasteiger partial charge in [0.1, 0.15) is 6.61 Å². The molecule has 1 aromatic rings. The van der Waals surface area contributed by atoms with E-state index in [9.17, 15) is 20.0 Å². The number of carbonyl (C=O) groups excluding carboxylic acids is 1. The number of benzene rings is 1. The van der Waals surface area contributed by atoms with Gasteiger partial charge in [0.25, 0.3) is 11.6 Å². The standard InChI is InChI=1S/C11H12N2O5/c14-10-6-12(18-7-10)11(15)5-8-1-3-9(4-2-8)13(16)17/h1-4,10,14H,5-7H2/t10-/m1/s1. The summed E-state index contributed by atoms with van der Waals surface area (Å²) in [6, 6.07) is 5.76. The van der Waals surface area contributed by atoms with E-state index in [-0.39, 0.29) is 31.2 Å². The fourth-order valence-electron chi connectivity index (χ4n) is 1.64. The maximum Gasteiger partial charge on any atom is 0.269 e. The Bertz CT molecular complexity index is 459. The Morgan fingerprint density at radius 3 is 2.67 bits per heavy atom. The fraction of sp³-hybridized carbons (Fsp3) is 0.364. The summed E-state index contributed by atoms with van der Waals surface area (Å²) in [5, 5.41) is 20.8. The number of nitro benzene ring substituents is 1. The third kappa shape index (κ3) is 2.82. The molecule has 1 fully saturated rings. The molecule has 0 unspecified atom stereocenters. The molecule has 2 rings (SSSR count). The van der Waals surface area contributed by atoms with Gasteiger partial charge in [-0.3, -0.25) is 19.7 Å².